The van der Waals surface area contributed by atoms with E-state index in [0.717, 1.165) is 0 Å². The molecule has 1 saturated carbocycles. The third-order valence-electron chi connectivity index (χ3n) is 4.95. The molecule has 0 saturated heterocycles. The first-order valence-electron chi connectivity index (χ1n) is 8.62. The summed E-state index contributed by atoms with van der Waals surface area (Å²) in [5, 5.41) is 2.21. The highest BCUT2D eigenvalue weighted by Gasteiger charge is 2.29. The summed E-state index contributed by atoms with van der Waals surface area (Å²) in [5.41, 5.74) is 2.41. The summed E-state index contributed by atoms with van der Waals surface area (Å²) in [6.45, 7) is 5.57. The predicted molar refractivity (Wildman–Crippen MR) is 88.8 cm³/mol. The molecule has 0 unspecified atom stereocenters. The zero-order valence-corrected chi connectivity index (χ0v) is 14.7. The second-order valence-corrected chi connectivity index (χ2v) is 6.71. The van der Waals surface area contributed by atoms with Crippen molar-refractivity contribution in [3.05, 3.63) is 22.5 Å². The monoisotopic (exact) mass is 321 g/mol. The largest absolute Gasteiger partial charge is 0.465 e. The molecule has 0 aliphatic heterocycles. The lowest BCUT2D eigenvalue weighted by molar-refractivity contribution is -0.706. The number of hydrogen-bond donors (Lipinski definition) is 2. The van der Waals surface area contributed by atoms with Crippen LogP contribution in [0, 0.1) is 13.8 Å². The van der Waals surface area contributed by atoms with Gasteiger partial charge in [-0.3, -0.25) is 4.79 Å². The highest BCUT2D eigenvalue weighted by atomic mass is 16.5. The number of ether oxygens (including phenoxy) is 1. The van der Waals surface area contributed by atoms with E-state index < -0.39 is 5.97 Å². The van der Waals surface area contributed by atoms with Gasteiger partial charge in [-0.15, -0.1) is 0 Å². The van der Waals surface area contributed by atoms with Crippen molar-refractivity contribution in [2.24, 2.45) is 0 Å². The van der Waals surface area contributed by atoms with Gasteiger partial charge in [0.15, 0.2) is 0 Å². The summed E-state index contributed by atoms with van der Waals surface area (Å²) in [7, 11) is 1.36. The molecule has 1 atom stereocenters. The average molecular weight is 321 g/mol. The number of nitrogens with two attached hydrogens (primary N) is 1. The van der Waals surface area contributed by atoms with E-state index >= 15 is 0 Å². The first-order chi connectivity index (χ1) is 11.0. The van der Waals surface area contributed by atoms with Gasteiger partial charge in [-0.2, -0.15) is 0 Å². The first kappa shape index (κ1) is 17.7. The zero-order chi connectivity index (χ0) is 17.0. The number of carbonyl (C=O) groups excluding carboxylic acids is 2. The molecule has 23 heavy (non-hydrogen) atoms. The lowest BCUT2D eigenvalue weighted by Crippen LogP contribution is -2.95. The molecule has 0 bridgehead atoms. The number of hydrogen-bond acceptors (Lipinski definition) is 3. The summed E-state index contributed by atoms with van der Waals surface area (Å²) in [4.78, 5) is 27.7. The van der Waals surface area contributed by atoms with Crippen molar-refractivity contribution >= 4 is 11.8 Å². The van der Waals surface area contributed by atoms with Crippen LogP contribution in [0.2, 0.25) is 0 Å². The normalized spacial score (nSPS) is 17.6. The van der Waals surface area contributed by atoms with Gasteiger partial charge in [0.25, 0.3) is 0 Å². The van der Waals surface area contributed by atoms with Gasteiger partial charge in [-0.1, -0.05) is 12.8 Å². The van der Waals surface area contributed by atoms with E-state index in [2.05, 4.69) is 10.3 Å². The molecule has 5 heteroatoms. The van der Waals surface area contributed by atoms with Gasteiger partial charge in [0.05, 0.1) is 24.4 Å². The Labute approximate surface area is 138 Å². The number of H-pyrrole nitrogens is 1. The van der Waals surface area contributed by atoms with Crippen LogP contribution < -0.4 is 5.32 Å². The van der Waals surface area contributed by atoms with Crippen molar-refractivity contribution in [2.75, 3.05) is 7.11 Å². The minimum atomic E-state index is -0.393. The van der Waals surface area contributed by atoms with Crippen LogP contribution in [0.15, 0.2) is 0 Å². The standard InChI is InChI=1S/C18H28N2O3/c1-11-15(18(22)23-4)12(2)20-16(11)17(21)13(3)19-14-9-7-5-6-8-10-14/h13-14,19-20H,5-10H2,1-4H3/p+1/t13-/m0/s1. The summed E-state index contributed by atoms with van der Waals surface area (Å²) in [6, 6.07) is 0.397. The summed E-state index contributed by atoms with van der Waals surface area (Å²) in [5.74, 6) is -0.333. The van der Waals surface area contributed by atoms with Gasteiger partial charge < -0.3 is 15.0 Å². The number of carbonyl (C=O) groups is 2. The van der Waals surface area contributed by atoms with Crippen molar-refractivity contribution in [3.8, 4) is 0 Å². The lowest BCUT2D eigenvalue weighted by atomic mass is 10.0. The maximum absolute atomic E-state index is 12.8. The Morgan fingerprint density at radius 3 is 2.35 bits per heavy atom. The molecule has 0 amide bonds. The number of quaternary nitrogens is 1. The topological polar surface area (TPSA) is 75.8 Å². The quantitative estimate of drug-likeness (QED) is 0.496. The van der Waals surface area contributed by atoms with E-state index in [-0.39, 0.29) is 11.8 Å². The number of aryl methyl sites for hydroxylation is 1. The van der Waals surface area contributed by atoms with Gasteiger partial charge in [-0.25, -0.2) is 4.79 Å². The fourth-order valence-electron chi connectivity index (χ4n) is 3.63. The Balaban J connectivity index is 2.11. The number of Topliss-reactive ketones (excluding diaryl/α,β-unsaturated/α-hetero) is 1. The Hall–Kier alpha value is -1.62. The number of methoxy groups -OCH3 is 1. The highest BCUT2D eigenvalue weighted by molar-refractivity contribution is 6.03. The van der Waals surface area contributed by atoms with Crippen molar-refractivity contribution in [1.29, 1.82) is 0 Å². The van der Waals surface area contributed by atoms with Crippen molar-refractivity contribution in [3.63, 3.8) is 0 Å². The molecule has 5 nitrogen and oxygen atoms in total. The van der Waals surface area contributed by atoms with E-state index in [0.29, 0.717) is 28.6 Å². The fourth-order valence-corrected chi connectivity index (χ4v) is 3.63. The van der Waals surface area contributed by atoms with Crippen LogP contribution in [0.3, 0.4) is 0 Å². The molecular formula is C18H29N2O3+. The predicted octanol–water partition coefficient (Wildman–Crippen LogP) is 2.28. The molecule has 128 valence electrons. The Morgan fingerprint density at radius 1 is 1.17 bits per heavy atom. The number of aromatic amines is 1. The summed E-state index contributed by atoms with van der Waals surface area (Å²) < 4.78 is 4.81. The van der Waals surface area contributed by atoms with E-state index in [1.165, 1.54) is 45.6 Å². The second kappa shape index (κ2) is 7.77. The van der Waals surface area contributed by atoms with Crippen molar-refractivity contribution in [1.82, 2.24) is 4.98 Å². The van der Waals surface area contributed by atoms with Crippen LogP contribution in [0.4, 0.5) is 0 Å². The van der Waals surface area contributed by atoms with Gasteiger partial charge in [0, 0.05) is 5.69 Å². The zero-order valence-electron chi connectivity index (χ0n) is 14.7. The molecule has 1 heterocycles. The fraction of sp³-hybridized carbons (Fsp3) is 0.667. The summed E-state index contributed by atoms with van der Waals surface area (Å²) >= 11 is 0. The van der Waals surface area contributed by atoms with E-state index in [1.807, 2.05) is 6.92 Å². The Bertz CT molecular complexity index is 569. The van der Waals surface area contributed by atoms with E-state index in [9.17, 15) is 9.59 Å². The van der Waals surface area contributed by atoms with Crippen LogP contribution in [0.1, 0.15) is 77.6 Å². The molecule has 0 aromatic carbocycles. The first-order valence-corrected chi connectivity index (χ1v) is 8.62. The van der Waals surface area contributed by atoms with Gasteiger partial charge in [0.2, 0.25) is 5.78 Å². The third kappa shape index (κ3) is 4.02. The molecule has 1 fully saturated rings. The van der Waals surface area contributed by atoms with Crippen molar-refractivity contribution in [2.45, 2.75) is 71.4 Å². The number of aromatic nitrogens is 1. The minimum Gasteiger partial charge on any atom is -0.465 e. The van der Waals surface area contributed by atoms with Crippen LogP contribution in [0.25, 0.3) is 0 Å². The van der Waals surface area contributed by atoms with Gasteiger partial charge >= 0.3 is 5.97 Å². The smallest absolute Gasteiger partial charge is 0.339 e. The molecule has 1 aromatic rings. The van der Waals surface area contributed by atoms with Crippen molar-refractivity contribution < 1.29 is 19.6 Å². The molecular weight excluding hydrogens is 292 g/mol. The maximum Gasteiger partial charge on any atom is 0.339 e. The summed E-state index contributed by atoms with van der Waals surface area (Å²) in [6.07, 6.45) is 7.51. The van der Waals surface area contributed by atoms with Crippen LogP contribution in [-0.2, 0) is 4.74 Å². The third-order valence-corrected chi connectivity index (χ3v) is 4.95. The van der Waals surface area contributed by atoms with Crippen LogP contribution >= 0.6 is 0 Å². The number of rotatable bonds is 5. The molecule has 1 aromatic heterocycles. The van der Waals surface area contributed by atoms with Crippen LogP contribution in [-0.4, -0.2) is 35.9 Å². The molecule has 0 radical (unpaired) electrons. The Kier molecular flexibility index (Phi) is 5.99. The highest BCUT2D eigenvalue weighted by Crippen LogP contribution is 2.20. The molecule has 1 aliphatic rings. The minimum absolute atomic E-state index is 0.0602. The van der Waals surface area contributed by atoms with E-state index in [1.54, 1.807) is 13.8 Å². The number of ketones is 1. The molecule has 1 aliphatic carbocycles. The van der Waals surface area contributed by atoms with E-state index in [4.69, 9.17) is 4.74 Å². The molecule has 0 spiro atoms. The van der Waals surface area contributed by atoms with Crippen LogP contribution in [0.5, 0.6) is 0 Å². The van der Waals surface area contributed by atoms with Gasteiger partial charge in [-0.05, 0) is 52.0 Å². The maximum atomic E-state index is 12.8. The average Bonchev–Trinajstić information content (AvgIpc) is 2.71. The van der Waals surface area contributed by atoms with Gasteiger partial charge in [0.1, 0.15) is 6.04 Å². The lowest BCUT2D eigenvalue weighted by Gasteiger charge is -2.17. The molecule has 2 rings (SSSR count). The second-order valence-electron chi connectivity index (χ2n) is 6.71. The molecule has 3 N–H and O–H groups in total. The SMILES string of the molecule is COC(=O)c1c(C)[nH]c(C(=O)[C@H](C)[NH2+]C2CCCCCC2)c1C. The Morgan fingerprint density at radius 2 is 1.78 bits per heavy atom. The number of nitrogens with one attached hydrogen (secondary N) is 1. The number of esters is 1.